The van der Waals surface area contributed by atoms with Crippen molar-refractivity contribution in [3.05, 3.63) is 42.0 Å². The van der Waals surface area contributed by atoms with Crippen LogP contribution in [0.5, 0.6) is 0 Å². The van der Waals surface area contributed by atoms with Crippen molar-refractivity contribution >= 4 is 6.01 Å². The summed E-state index contributed by atoms with van der Waals surface area (Å²) < 4.78 is 5.35. The van der Waals surface area contributed by atoms with E-state index in [0.29, 0.717) is 30.1 Å². The minimum Gasteiger partial charge on any atom is -0.408 e. The van der Waals surface area contributed by atoms with Gasteiger partial charge in [-0.2, -0.15) is 5.10 Å². The summed E-state index contributed by atoms with van der Waals surface area (Å²) in [6.45, 7) is 2.41. The van der Waals surface area contributed by atoms with Crippen LogP contribution in [0.4, 0.5) is 6.01 Å². The van der Waals surface area contributed by atoms with Crippen molar-refractivity contribution in [2.75, 3.05) is 5.32 Å². The molecule has 0 saturated carbocycles. The third kappa shape index (κ3) is 2.66. The molecule has 2 aromatic heterocycles. The van der Waals surface area contributed by atoms with E-state index in [2.05, 4.69) is 30.7 Å². The SMILES string of the molecule is CCc1nnc(NCc2nc(-c3ccccc3)n[nH]2)o1. The zero-order valence-electron chi connectivity index (χ0n) is 11.0. The molecule has 0 atom stereocenters. The first kappa shape index (κ1) is 12.3. The average molecular weight is 270 g/mol. The predicted octanol–water partition coefficient (Wildman–Crippen LogP) is 2.03. The fourth-order valence-electron chi connectivity index (χ4n) is 1.72. The number of nitrogens with zero attached hydrogens (tertiary/aromatic N) is 4. The van der Waals surface area contributed by atoms with Gasteiger partial charge in [0.2, 0.25) is 5.89 Å². The molecule has 0 aliphatic heterocycles. The number of nitrogens with one attached hydrogen (secondary N) is 2. The second kappa shape index (κ2) is 5.52. The van der Waals surface area contributed by atoms with Gasteiger partial charge in [0.1, 0.15) is 5.82 Å². The Labute approximate surface area is 115 Å². The summed E-state index contributed by atoms with van der Waals surface area (Å²) in [4.78, 5) is 4.40. The van der Waals surface area contributed by atoms with Gasteiger partial charge in [-0.05, 0) is 0 Å². The molecule has 0 aliphatic carbocycles. The fraction of sp³-hybridized carbons (Fsp3) is 0.231. The first-order chi connectivity index (χ1) is 9.85. The van der Waals surface area contributed by atoms with Crippen molar-refractivity contribution in [3.63, 3.8) is 0 Å². The zero-order valence-corrected chi connectivity index (χ0v) is 11.0. The Morgan fingerprint density at radius 1 is 1.20 bits per heavy atom. The summed E-state index contributed by atoms with van der Waals surface area (Å²) in [5, 5.41) is 17.8. The minimum absolute atomic E-state index is 0.388. The van der Waals surface area contributed by atoms with Gasteiger partial charge in [-0.25, -0.2) is 4.98 Å². The molecule has 7 heteroatoms. The lowest BCUT2D eigenvalue weighted by Gasteiger charge is -1.96. The van der Waals surface area contributed by atoms with E-state index in [0.717, 1.165) is 12.0 Å². The molecule has 0 fully saturated rings. The molecule has 3 aromatic rings. The van der Waals surface area contributed by atoms with Gasteiger partial charge in [0.05, 0.1) is 6.54 Å². The second-order valence-electron chi connectivity index (χ2n) is 4.18. The summed E-state index contributed by atoms with van der Waals surface area (Å²) in [7, 11) is 0. The van der Waals surface area contributed by atoms with Crippen molar-refractivity contribution in [1.29, 1.82) is 0 Å². The highest BCUT2D eigenvalue weighted by atomic mass is 16.4. The number of aromatic nitrogens is 5. The maximum absolute atomic E-state index is 5.35. The van der Waals surface area contributed by atoms with E-state index in [1.807, 2.05) is 37.3 Å². The highest BCUT2D eigenvalue weighted by molar-refractivity contribution is 5.53. The smallest absolute Gasteiger partial charge is 0.315 e. The topological polar surface area (TPSA) is 92.5 Å². The molecule has 1 aromatic carbocycles. The number of hydrogen-bond acceptors (Lipinski definition) is 6. The summed E-state index contributed by atoms with van der Waals surface area (Å²) in [5.74, 6) is 1.98. The van der Waals surface area contributed by atoms with Crippen LogP contribution in [0.25, 0.3) is 11.4 Å². The van der Waals surface area contributed by atoms with Gasteiger partial charge in [-0.15, -0.1) is 5.10 Å². The molecule has 0 bridgehead atoms. The van der Waals surface area contributed by atoms with E-state index < -0.39 is 0 Å². The van der Waals surface area contributed by atoms with Gasteiger partial charge in [0.15, 0.2) is 5.82 Å². The number of H-pyrrole nitrogens is 1. The highest BCUT2D eigenvalue weighted by Crippen LogP contribution is 2.14. The molecule has 102 valence electrons. The molecular weight excluding hydrogens is 256 g/mol. The number of aromatic amines is 1. The largest absolute Gasteiger partial charge is 0.408 e. The molecule has 0 aliphatic rings. The molecule has 0 unspecified atom stereocenters. The van der Waals surface area contributed by atoms with Crippen LogP contribution in [0.2, 0.25) is 0 Å². The first-order valence-corrected chi connectivity index (χ1v) is 6.38. The molecule has 2 N–H and O–H groups in total. The molecule has 0 saturated heterocycles. The maximum Gasteiger partial charge on any atom is 0.315 e. The monoisotopic (exact) mass is 270 g/mol. The lowest BCUT2D eigenvalue weighted by atomic mass is 10.2. The van der Waals surface area contributed by atoms with E-state index in [1.165, 1.54) is 0 Å². The molecule has 0 amide bonds. The average Bonchev–Trinajstić information content (AvgIpc) is 3.15. The summed E-state index contributed by atoms with van der Waals surface area (Å²) in [6, 6.07) is 10.2. The fourth-order valence-corrected chi connectivity index (χ4v) is 1.72. The Kier molecular flexibility index (Phi) is 3.40. The van der Waals surface area contributed by atoms with Gasteiger partial charge >= 0.3 is 6.01 Å². The van der Waals surface area contributed by atoms with Crippen LogP contribution in [-0.2, 0) is 13.0 Å². The van der Waals surface area contributed by atoms with Crippen molar-refractivity contribution < 1.29 is 4.42 Å². The van der Waals surface area contributed by atoms with Gasteiger partial charge < -0.3 is 9.73 Å². The summed E-state index contributed by atoms with van der Waals surface area (Å²) >= 11 is 0. The Morgan fingerprint density at radius 2 is 2.05 bits per heavy atom. The van der Waals surface area contributed by atoms with Crippen molar-refractivity contribution in [2.45, 2.75) is 19.9 Å². The van der Waals surface area contributed by atoms with Crippen molar-refractivity contribution in [1.82, 2.24) is 25.4 Å². The molecule has 20 heavy (non-hydrogen) atoms. The van der Waals surface area contributed by atoms with Gasteiger partial charge in [0.25, 0.3) is 0 Å². The van der Waals surface area contributed by atoms with Crippen LogP contribution in [-0.4, -0.2) is 25.4 Å². The van der Waals surface area contributed by atoms with Crippen LogP contribution in [0, 0.1) is 0 Å². The Morgan fingerprint density at radius 3 is 2.80 bits per heavy atom. The number of rotatable bonds is 5. The van der Waals surface area contributed by atoms with Crippen LogP contribution in [0.1, 0.15) is 18.6 Å². The van der Waals surface area contributed by atoms with E-state index in [-0.39, 0.29) is 0 Å². The Hall–Kier alpha value is -2.70. The number of anilines is 1. The third-order valence-electron chi connectivity index (χ3n) is 2.74. The van der Waals surface area contributed by atoms with E-state index in [9.17, 15) is 0 Å². The molecule has 3 rings (SSSR count). The first-order valence-electron chi connectivity index (χ1n) is 6.38. The molecule has 0 radical (unpaired) electrons. The van der Waals surface area contributed by atoms with Crippen LogP contribution < -0.4 is 5.32 Å². The highest BCUT2D eigenvalue weighted by Gasteiger charge is 2.07. The molecule has 0 spiro atoms. The van der Waals surface area contributed by atoms with Crippen molar-refractivity contribution in [3.8, 4) is 11.4 Å². The van der Waals surface area contributed by atoms with E-state index >= 15 is 0 Å². The number of hydrogen-bond donors (Lipinski definition) is 2. The van der Waals surface area contributed by atoms with Crippen LogP contribution in [0.3, 0.4) is 0 Å². The van der Waals surface area contributed by atoms with Gasteiger partial charge in [-0.3, -0.25) is 5.10 Å². The molecular formula is C13H14N6O. The van der Waals surface area contributed by atoms with E-state index in [1.54, 1.807) is 0 Å². The normalized spacial score (nSPS) is 10.7. The minimum atomic E-state index is 0.388. The lowest BCUT2D eigenvalue weighted by molar-refractivity contribution is 0.510. The lowest BCUT2D eigenvalue weighted by Crippen LogP contribution is -2.01. The molecule has 7 nitrogen and oxygen atoms in total. The quantitative estimate of drug-likeness (QED) is 0.737. The van der Waals surface area contributed by atoms with E-state index in [4.69, 9.17) is 4.42 Å². The number of aryl methyl sites for hydroxylation is 1. The standard InChI is InChI=1S/C13H14N6O/c1-2-11-17-19-13(20-11)14-8-10-15-12(18-16-10)9-6-4-3-5-7-9/h3-7H,2,8H2,1H3,(H,14,19)(H,15,16,18). The zero-order chi connectivity index (χ0) is 13.8. The maximum atomic E-state index is 5.35. The molecule has 2 heterocycles. The third-order valence-corrected chi connectivity index (χ3v) is 2.74. The Balaban J connectivity index is 1.65. The summed E-state index contributed by atoms with van der Waals surface area (Å²) in [6.07, 6.45) is 0.717. The van der Waals surface area contributed by atoms with Crippen LogP contribution >= 0.6 is 0 Å². The van der Waals surface area contributed by atoms with Crippen molar-refractivity contribution in [2.24, 2.45) is 0 Å². The Bertz CT molecular complexity index is 675. The second-order valence-corrected chi connectivity index (χ2v) is 4.18. The van der Waals surface area contributed by atoms with Gasteiger partial charge in [-0.1, -0.05) is 42.4 Å². The summed E-state index contributed by atoms with van der Waals surface area (Å²) in [5.41, 5.74) is 0.973. The van der Waals surface area contributed by atoms with Crippen LogP contribution in [0.15, 0.2) is 34.7 Å². The number of benzene rings is 1. The predicted molar refractivity (Wildman–Crippen MR) is 72.8 cm³/mol. The van der Waals surface area contributed by atoms with Gasteiger partial charge in [0, 0.05) is 12.0 Å².